The normalized spacial score (nSPS) is 10.2. The van der Waals surface area contributed by atoms with Gasteiger partial charge in [0.05, 0.1) is 12.2 Å². The fourth-order valence-corrected chi connectivity index (χ4v) is 1.05. The Hall–Kier alpha value is -1.69. The Labute approximate surface area is 90.4 Å². The van der Waals surface area contributed by atoms with E-state index in [-0.39, 0.29) is 13.2 Å². The average molecular weight is 232 g/mol. The maximum Gasteiger partial charge on any atom is 0.335 e. The van der Waals surface area contributed by atoms with Gasteiger partial charge in [0, 0.05) is 7.11 Å². The Morgan fingerprint density at radius 3 is 2.31 bits per heavy atom. The zero-order valence-electron chi connectivity index (χ0n) is 8.50. The van der Waals surface area contributed by atoms with Gasteiger partial charge in [-0.3, -0.25) is 0 Å². The van der Waals surface area contributed by atoms with Crippen molar-refractivity contribution in [1.82, 2.24) is 0 Å². The predicted molar refractivity (Wildman–Crippen MR) is 50.7 cm³/mol. The van der Waals surface area contributed by atoms with E-state index in [9.17, 15) is 13.6 Å². The molecule has 0 aliphatic rings. The van der Waals surface area contributed by atoms with Crippen molar-refractivity contribution in [2.45, 2.75) is 0 Å². The fraction of sp³-hybridized carbons (Fsp3) is 0.300. The Kier molecular flexibility index (Phi) is 4.19. The number of halogens is 2. The second-order valence-electron chi connectivity index (χ2n) is 2.92. The Morgan fingerprint density at radius 1 is 1.31 bits per heavy atom. The molecule has 0 aliphatic heterocycles. The van der Waals surface area contributed by atoms with Crippen LogP contribution in [-0.4, -0.2) is 31.4 Å². The van der Waals surface area contributed by atoms with E-state index in [1.54, 1.807) is 0 Å². The minimum atomic E-state index is -1.40. The van der Waals surface area contributed by atoms with Crippen LogP contribution in [0.1, 0.15) is 10.4 Å². The van der Waals surface area contributed by atoms with E-state index in [1.807, 2.05) is 0 Å². The van der Waals surface area contributed by atoms with Crippen LogP contribution in [0.4, 0.5) is 8.78 Å². The predicted octanol–water partition coefficient (Wildman–Crippen LogP) is 1.69. The van der Waals surface area contributed by atoms with Crippen LogP contribution < -0.4 is 4.74 Å². The van der Waals surface area contributed by atoms with Crippen LogP contribution in [0, 0.1) is 11.6 Å². The van der Waals surface area contributed by atoms with Gasteiger partial charge in [0.25, 0.3) is 0 Å². The van der Waals surface area contributed by atoms with Crippen molar-refractivity contribution in [3.63, 3.8) is 0 Å². The molecular formula is C10H10F2O4. The highest BCUT2D eigenvalue weighted by molar-refractivity contribution is 5.87. The van der Waals surface area contributed by atoms with Gasteiger partial charge in [-0.25, -0.2) is 13.6 Å². The summed E-state index contributed by atoms with van der Waals surface area (Å²) in [5, 5.41) is 8.54. The molecule has 1 N–H and O–H groups in total. The maximum absolute atomic E-state index is 13.2. The number of aromatic carboxylic acids is 1. The third-order valence-electron chi connectivity index (χ3n) is 1.78. The lowest BCUT2D eigenvalue weighted by Crippen LogP contribution is -2.08. The van der Waals surface area contributed by atoms with Crippen molar-refractivity contribution in [1.29, 1.82) is 0 Å². The minimum Gasteiger partial charge on any atom is -0.485 e. The van der Waals surface area contributed by atoms with Crippen molar-refractivity contribution in [2.75, 3.05) is 20.3 Å². The lowest BCUT2D eigenvalue weighted by molar-refractivity contribution is 0.0695. The van der Waals surface area contributed by atoms with Gasteiger partial charge in [-0.2, -0.15) is 0 Å². The molecule has 88 valence electrons. The Morgan fingerprint density at radius 2 is 1.88 bits per heavy atom. The topological polar surface area (TPSA) is 55.8 Å². The molecule has 0 bridgehead atoms. The van der Waals surface area contributed by atoms with Gasteiger partial charge in [-0.1, -0.05) is 0 Å². The molecule has 0 saturated carbocycles. The monoisotopic (exact) mass is 232 g/mol. The first kappa shape index (κ1) is 12.4. The van der Waals surface area contributed by atoms with Gasteiger partial charge in [-0.05, 0) is 12.1 Å². The quantitative estimate of drug-likeness (QED) is 0.785. The molecule has 4 nitrogen and oxygen atoms in total. The van der Waals surface area contributed by atoms with Crippen molar-refractivity contribution in [2.24, 2.45) is 0 Å². The molecule has 16 heavy (non-hydrogen) atoms. The van der Waals surface area contributed by atoms with Gasteiger partial charge < -0.3 is 14.6 Å². The number of carboxylic acid groups (broad SMARTS) is 1. The molecule has 0 aromatic heterocycles. The lowest BCUT2D eigenvalue weighted by Gasteiger charge is -2.08. The molecule has 6 heteroatoms. The van der Waals surface area contributed by atoms with Gasteiger partial charge >= 0.3 is 5.97 Å². The van der Waals surface area contributed by atoms with Crippen molar-refractivity contribution in [3.05, 3.63) is 29.3 Å². The Bertz CT molecular complexity index is 369. The number of hydrogen-bond acceptors (Lipinski definition) is 3. The summed E-state index contributed by atoms with van der Waals surface area (Å²) in [4.78, 5) is 10.5. The molecule has 0 atom stereocenters. The molecule has 0 fully saturated rings. The number of rotatable bonds is 5. The number of benzene rings is 1. The number of hydrogen-bond donors (Lipinski definition) is 1. The standard InChI is InChI=1S/C10H10F2O4/c1-15-2-3-16-9-7(11)4-6(10(13)14)5-8(9)12/h4-5H,2-3H2,1H3,(H,13,14). The summed E-state index contributed by atoms with van der Waals surface area (Å²) in [5.74, 6) is -4.09. The second kappa shape index (κ2) is 5.41. The Balaban J connectivity index is 2.89. The highest BCUT2D eigenvalue weighted by Crippen LogP contribution is 2.23. The van der Waals surface area contributed by atoms with E-state index in [1.165, 1.54) is 7.11 Å². The summed E-state index contributed by atoms with van der Waals surface area (Å²) in [5.41, 5.74) is -0.464. The van der Waals surface area contributed by atoms with E-state index >= 15 is 0 Å². The van der Waals surface area contributed by atoms with E-state index < -0.39 is 28.9 Å². The van der Waals surface area contributed by atoms with Crippen LogP contribution in [0.3, 0.4) is 0 Å². The van der Waals surface area contributed by atoms with E-state index in [4.69, 9.17) is 9.84 Å². The molecule has 0 unspecified atom stereocenters. The SMILES string of the molecule is COCCOc1c(F)cc(C(=O)O)cc1F. The third kappa shape index (κ3) is 2.90. The summed E-state index contributed by atoms with van der Waals surface area (Å²) in [6.45, 7) is 0.163. The summed E-state index contributed by atoms with van der Waals surface area (Å²) < 4.78 is 35.9. The zero-order valence-corrected chi connectivity index (χ0v) is 8.50. The smallest absolute Gasteiger partial charge is 0.335 e. The maximum atomic E-state index is 13.2. The first-order valence-electron chi connectivity index (χ1n) is 4.40. The first-order valence-corrected chi connectivity index (χ1v) is 4.40. The summed E-state index contributed by atoms with van der Waals surface area (Å²) in [6, 6.07) is 1.40. The van der Waals surface area contributed by atoms with Crippen LogP contribution in [0.5, 0.6) is 5.75 Å². The zero-order chi connectivity index (χ0) is 12.1. The summed E-state index contributed by atoms with van der Waals surface area (Å²) in [7, 11) is 1.42. The van der Waals surface area contributed by atoms with Crippen LogP contribution in [0.2, 0.25) is 0 Å². The van der Waals surface area contributed by atoms with Crippen LogP contribution in [0.25, 0.3) is 0 Å². The van der Waals surface area contributed by atoms with Crippen molar-refractivity contribution < 1.29 is 28.2 Å². The number of ether oxygens (including phenoxy) is 2. The van der Waals surface area contributed by atoms with Crippen molar-refractivity contribution >= 4 is 5.97 Å². The van der Waals surface area contributed by atoms with Gasteiger partial charge in [0.2, 0.25) is 0 Å². The van der Waals surface area contributed by atoms with Crippen LogP contribution >= 0.6 is 0 Å². The third-order valence-corrected chi connectivity index (χ3v) is 1.78. The number of carbonyl (C=O) groups is 1. The fourth-order valence-electron chi connectivity index (χ4n) is 1.05. The molecular weight excluding hydrogens is 222 g/mol. The highest BCUT2D eigenvalue weighted by Gasteiger charge is 2.15. The molecule has 1 aromatic carbocycles. The average Bonchev–Trinajstić information content (AvgIpc) is 2.21. The van der Waals surface area contributed by atoms with Crippen LogP contribution in [-0.2, 0) is 4.74 Å². The molecule has 0 radical (unpaired) electrons. The van der Waals surface area contributed by atoms with Gasteiger partial charge in [-0.15, -0.1) is 0 Å². The van der Waals surface area contributed by atoms with Gasteiger partial charge in [0.1, 0.15) is 6.61 Å². The summed E-state index contributed by atoms with van der Waals surface area (Å²) in [6.07, 6.45) is 0. The molecule has 1 rings (SSSR count). The highest BCUT2D eigenvalue weighted by atomic mass is 19.1. The van der Waals surface area contributed by atoms with E-state index in [0.717, 1.165) is 0 Å². The molecule has 0 saturated heterocycles. The van der Waals surface area contributed by atoms with E-state index in [2.05, 4.69) is 4.74 Å². The van der Waals surface area contributed by atoms with Crippen molar-refractivity contribution in [3.8, 4) is 5.75 Å². The van der Waals surface area contributed by atoms with Crippen LogP contribution in [0.15, 0.2) is 12.1 Å². The van der Waals surface area contributed by atoms with E-state index in [0.29, 0.717) is 12.1 Å². The molecule has 0 spiro atoms. The van der Waals surface area contributed by atoms with Gasteiger partial charge in [0.15, 0.2) is 17.4 Å². The molecule has 1 aromatic rings. The summed E-state index contributed by atoms with van der Waals surface area (Å²) >= 11 is 0. The number of methoxy groups -OCH3 is 1. The first-order chi connectivity index (χ1) is 7.56. The molecule has 0 aliphatic carbocycles. The lowest BCUT2D eigenvalue weighted by atomic mass is 10.2. The second-order valence-corrected chi connectivity index (χ2v) is 2.92. The number of carboxylic acids is 1. The largest absolute Gasteiger partial charge is 0.485 e. The molecule has 0 amide bonds. The minimum absolute atomic E-state index is 0.0171. The molecule has 0 heterocycles.